The van der Waals surface area contributed by atoms with Gasteiger partial charge in [-0.15, -0.1) is 0 Å². The monoisotopic (exact) mass is 254 g/mol. The van der Waals surface area contributed by atoms with Crippen LogP contribution in [0.4, 0.5) is 5.69 Å². The highest BCUT2D eigenvalue weighted by Gasteiger charge is 2.09. The van der Waals surface area contributed by atoms with Gasteiger partial charge in [0.1, 0.15) is 11.2 Å². The van der Waals surface area contributed by atoms with E-state index in [1.807, 2.05) is 0 Å². The third kappa shape index (κ3) is 2.28. The van der Waals surface area contributed by atoms with Gasteiger partial charge >= 0.3 is 0 Å². The average Bonchev–Trinajstić information content (AvgIpc) is 2.79. The average molecular weight is 254 g/mol. The Kier molecular flexibility index (Phi) is 2.68. The van der Waals surface area contributed by atoms with E-state index in [-0.39, 0.29) is 11.6 Å². The lowest BCUT2D eigenvalue weighted by Crippen LogP contribution is -2.13. The number of nitrogens with one attached hydrogen (secondary N) is 1. The minimum atomic E-state index is -0.316. The van der Waals surface area contributed by atoms with Crippen LogP contribution in [0.2, 0.25) is 0 Å². The SMILES string of the molecule is Cc1nc2ccc(NC(=O)c3cnccn3)cc2o1. The quantitative estimate of drug-likeness (QED) is 0.758. The van der Waals surface area contributed by atoms with E-state index in [1.165, 1.54) is 18.6 Å². The zero-order chi connectivity index (χ0) is 13.2. The van der Waals surface area contributed by atoms with E-state index in [9.17, 15) is 4.79 Å². The van der Waals surface area contributed by atoms with Gasteiger partial charge in [-0.1, -0.05) is 0 Å². The second-order valence-electron chi connectivity index (χ2n) is 3.96. The number of carbonyl (C=O) groups is 1. The fourth-order valence-electron chi connectivity index (χ4n) is 1.73. The summed E-state index contributed by atoms with van der Waals surface area (Å²) in [6, 6.07) is 5.28. The van der Waals surface area contributed by atoms with Crippen molar-refractivity contribution in [2.75, 3.05) is 5.32 Å². The molecule has 94 valence electrons. The number of hydrogen-bond acceptors (Lipinski definition) is 5. The fourth-order valence-corrected chi connectivity index (χ4v) is 1.73. The van der Waals surface area contributed by atoms with Gasteiger partial charge in [-0.05, 0) is 12.1 Å². The number of aromatic nitrogens is 3. The first-order chi connectivity index (χ1) is 9.22. The molecule has 0 saturated carbocycles. The van der Waals surface area contributed by atoms with Crippen LogP contribution in [-0.4, -0.2) is 20.9 Å². The highest BCUT2D eigenvalue weighted by Crippen LogP contribution is 2.20. The van der Waals surface area contributed by atoms with Gasteiger partial charge in [0, 0.05) is 31.1 Å². The first kappa shape index (κ1) is 11.3. The molecule has 6 nitrogen and oxygen atoms in total. The highest BCUT2D eigenvalue weighted by atomic mass is 16.3. The van der Waals surface area contributed by atoms with E-state index in [0.29, 0.717) is 17.2 Å². The Morgan fingerprint density at radius 2 is 2.21 bits per heavy atom. The van der Waals surface area contributed by atoms with Crippen LogP contribution in [0.5, 0.6) is 0 Å². The summed E-state index contributed by atoms with van der Waals surface area (Å²) >= 11 is 0. The highest BCUT2D eigenvalue weighted by molar-refractivity contribution is 6.03. The normalized spacial score (nSPS) is 10.6. The molecule has 6 heteroatoms. The summed E-state index contributed by atoms with van der Waals surface area (Å²) in [7, 11) is 0. The Balaban J connectivity index is 1.87. The van der Waals surface area contributed by atoms with Crippen molar-refractivity contribution in [1.82, 2.24) is 15.0 Å². The maximum atomic E-state index is 11.9. The molecule has 3 aromatic rings. The lowest BCUT2D eigenvalue weighted by atomic mass is 10.3. The summed E-state index contributed by atoms with van der Waals surface area (Å²) in [5.74, 6) is 0.274. The smallest absolute Gasteiger partial charge is 0.275 e. The van der Waals surface area contributed by atoms with Gasteiger partial charge in [-0.2, -0.15) is 0 Å². The van der Waals surface area contributed by atoms with E-state index >= 15 is 0 Å². The molecular weight excluding hydrogens is 244 g/mol. The molecule has 0 bridgehead atoms. The molecule has 19 heavy (non-hydrogen) atoms. The number of aryl methyl sites for hydroxylation is 1. The fraction of sp³-hybridized carbons (Fsp3) is 0.0769. The zero-order valence-electron chi connectivity index (χ0n) is 10.1. The summed E-state index contributed by atoms with van der Waals surface area (Å²) in [4.78, 5) is 23.9. The number of fused-ring (bicyclic) bond motifs is 1. The summed E-state index contributed by atoms with van der Waals surface area (Å²) in [5.41, 5.74) is 2.28. The van der Waals surface area contributed by atoms with Gasteiger partial charge in [0.2, 0.25) is 0 Å². The first-order valence-corrected chi connectivity index (χ1v) is 5.67. The number of oxazole rings is 1. The summed E-state index contributed by atoms with van der Waals surface area (Å²) in [6.07, 6.45) is 4.39. The van der Waals surface area contributed by atoms with Crippen molar-refractivity contribution in [2.45, 2.75) is 6.92 Å². The molecule has 1 aromatic carbocycles. The molecule has 0 spiro atoms. The second-order valence-corrected chi connectivity index (χ2v) is 3.96. The molecule has 2 aromatic heterocycles. The van der Waals surface area contributed by atoms with Crippen molar-refractivity contribution in [3.63, 3.8) is 0 Å². The summed E-state index contributed by atoms with van der Waals surface area (Å²) in [6.45, 7) is 1.78. The van der Waals surface area contributed by atoms with Crippen LogP contribution < -0.4 is 5.32 Å². The van der Waals surface area contributed by atoms with Crippen LogP contribution in [0.3, 0.4) is 0 Å². The lowest BCUT2D eigenvalue weighted by molar-refractivity contribution is 0.102. The van der Waals surface area contributed by atoms with Gasteiger partial charge in [-0.25, -0.2) is 9.97 Å². The molecule has 0 aliphatic rings. The maximum absolute atomic E-state index is 11.9. The number of amides is 1. The number of benzene rings is 1. The van der Waals surface area contributed by atoms with Crippen LogP contribution in [-0.2, 0) is 0 Å². The van der Waals surface area contributed by atoms with Gasteiger partial charge in [0.15, 0.2) is 11.5 Å². The molecule has 0 saturated heterocycles. The topological polar surface area (TPSA) is 80.9 Å². The van der Waals surface area contributed by atoms with E-state index in [2.05, 4.69) is 20.3 Å². The molecule has 0 radical (unpaired) electrons. The Morgan fingerprint density at radius 1 is 1.32 bits per heavy atom. The van der Waals surface area contributed by atoms with Crippen molar-refractivity contribution >= 4 is 22.7 Å². The Hall–Kier alpha value is -2.76. The zero-order valence-corrected chi connectivity index (χ0v) is 10.1. The van der Waals surface area contributed by atoms with E-state index < -0.39 is 0 Å². The van der Waals surface area contributed by atoms with Crippen LogP contribution in [0, 0.1) is 6.92 Å². The molecule has 1 amide bonds. The Morgan fingerprint density at radius 3 is 3.00 bits per heavy atom. The second kappa shape index (κ2) is 4.49. The van der Waals surface area contributed by atoms with Crippen LogP contribution in [0.15, 0.2) is 41.2 Å². The third-order valence-electron chi connectivity index (χ3n) is 2.55. The third-order valence-corrected chi connectivity index (χ3v) is 2.55. The molecule has 3 rings (SSSR count). The van der Waals surface area contributed by atoms with Gasteiger partial charge in [-0.3, -0.25) is 9.78 Å². The molecule has 1 N–H and O–H groups in total. The minimum Gasteiger partial charge on any atom is -0.441 e. The molecule has 0 aliphatic carbocycles. The van der Waals surface area contributed by atoms with Gasteiger partial charge in [0.25, 0.3) is 5.91 Å². The molecular formula is C13H10N4O2. The van der Waals surface area contributed by atoms with E-state index in [4.69, 9.17) is 4.42 Å². The number of nitrogens with zero attached hydrogens (tertiary/aromatic N) is 3. The van der Waals surface area contributed by atoms with Crippen molar-refractivity contribution < 1.29 is 9.21 Å². The number of rotatable bonds is 2. The first-order valence-electron chi connectivity index (χ1n) is 5.67. The number of anilines is 1. The van der Waals surface area contributed by atoms with Crippen molar-refractivity contribution in [3.05, 3.63) is 48.4 Å². The maximum Gasteiger partial charge on any atom is 0.275 e. The molecule has 0 unspecified atom stereocenters. The van der Waals surface area contributed by atoms with Crippen molar-refractivity contribution in [2.24, 2.45) is 0 Å². The van der Waals surface area contributed by atoms with Crippen LogP contribution in [0.25, 0.3) is 11.1 Å². The molecule has 2 heterocycles. The van der Waals surface area contributed by atoms with Gasteiger partial charge in [0.05, 0.1) is 6.20 Å². The predicted molar refractivity (Wildman–Crippen MR) is 68.7 cm³/mol. The standard InChI is InChI=1S/C13H10N4O2/c1-8-16-10-3-2-9(6-12(10)19-8)17-13(18)11-7-14-4-5-15-11/h2-7H,1H3,(H,17,18). The largest absolute Gasteiger partial charge is 0.441 e. The summed E-state index contributed by atoms with van der Waals surface area (Å²) < 4.78 is 5.41. The van der Waals surface area contributed by atoms with E-state index in [0.717, 1.165) is 5.52 Å². The Bertz CT molecular complexity index is 737. The van der Waals surface area contributed by atoms with E-state index in [1.54, 1.807) is 25.1 Å². The molecule has 0 fully saturated rings. The number of carbonyl (C=O) groups excluding carboxylic acids is 1. The molecule has 0 aliphatic heterocycles. The predicted octanol–water partition coefficient (Wildman–Crippen LogP) is 2.18. The Labute approximate surface area is 108 Å². The lowest BCUT2D eigenvalue weighted by Gasteiger charge is -2.03. The minimum absolute atomic E-state index is 0.261. The van der Waals surface area contributed by atoms with Crippen LogP contribution >= 0.6 is 0 Å². The van der Waals surface area contributed by atoms with Crippen molar-refractivity contribution in [3.8, 4) is 0 Å². The van der Waals surface area contributed by atoms with Crippen molar-refractivity contribution in [1.29, 1.82) is 0 Å². The van der Waals surface area contributed by atoms with Crippen LogP contribution in [0.1, 0.15) is 16.4 Å². The number of hydrogen-bond donors (Lipinski definition) is 1. The summed E-state index contributed by atoms with van der Waals surface area (Å²) in [5, 5.41) is 2.73. The molecule has 0 atom stereocenters. The van der Waals surface area contributed by atoms with Gasteiger partial charge < -0.3 is 9.73 Å².